The molecule has 0 bridgehead atoms. The second-order valence-electron chi connectivity index (χ2n) is 5.70. The largest absolute Gasteiger partial charge is 0.381 e. The molecule has 0 saturated carbocycles. The second kappa shape index (κ2) is 4.84. The van der Waals surface area contributed by atoms with Crippen LogP contribution in [-0.2, 0) is 4.74 Å². The van der Waals surface area contributed by atoms with Gasteiger partial charge in [-0.1, -0.05) is 13.8 Å². The Morgan fingerprint density at radius 3 is 2.53 bits per heavy atom. The van der Waals surface area contributed by atoms with Crippen LogP contribution in [0.25, 0.3) is 0 Å². The lowest BCUT2D eigenvalue weighted by Gasteiger charge is -2.43. The van der Waals surface area contributed by atoms with Crippen LogP contribution in [0.4, 0.5) is 0 Å². The quantitative estimate of drug-likeness (QED) is 0.659. The Labute approximate surface area is 94.0 Å². The molecule has 2 aliphatic heterocycles. The molecule has 0 radical (unpaired) electrons. The van der Waals surface area contributed by atoms with Crippen molar-refractivity contribution in [3.63, 3.8) is 0 Å². The number of likely N-dealkylation sites (tertiary alicyclic amines) is 1. The Morgan fingerprint density at radius 1 is 1.07 bits per heavy atom. The van der Waals surface area contributed by atoms with E-state index in [0.717, 1.165) is 36.9 Å². The van der Waals surface area contributed by atoms with Crippen LogP contribution in [-0.4, -0.2) is 38.3 Å². The molecule has 2 saturated heterocycles. The molecule has 0 amide bonds. The minimum Gasteiger partial charge on any atom is -0.381 e. The first-order valence-electron chi connectivity index (χ1n) is 6.44. The summed E-state index contributed by atoms with van der Waals surface area (Å²) in [6.45, 7) is 9.38. The Hall–Kier alpha value is -0.0800. The highest BCUT2D eigenvalue weighted by molar-refractivity contribution is 4.85. The Kier molecular flexibility index (Phi) is 3.68. The number of ether oxygens (including phenoxy) is 1. The summed E-state index contributed by atoms with van der Waals surface area (Å²) >= 11 is 0. The average Bonchev–Trinajstić information content (AvgIpc) is 2.23. The molecule has 2 heteroatoms. The first kappa shape index (κ1) is 11.4. The van der Waals surface area contributed by atoms with Gasteiger partial charge in [0.05, 0.1) is 0 Å². The molecule has 88 valence electrons. The third-order valence-electron chi connectivity index (χ3n) is 4.53. The highest BCUT2D eigenvalue weighted by Gasteiger charge is 2.35. The van der Waals surface area contributed by atoms with E-state index in [1.807, 2.05) is 0 Å². The van der Waals surface area contributed by atoms with Gasteiger partial charge in [-0.3, -0.25) is 0 Å². The summed E-state index contributed by atoms with van der Waals surface area (Å²) in [5.41, 5.74) is 0. The van der Waals surface area contributed by atoms with Crippen LogP contribution in [0.1, 0.15) is 26.7 Å². The van der Waals surface area contributed by atoms with Crippen LogP contribution in [0, 0.1) is 23.7 Å². The lowest BCUT2D eigenvalue weighted by molar-refractivity contribution is -0.0331. The summed E-state index contributed by atoms with van der Waals surface area (Å²) < 4.78 is 5.67. The first-order valence-corrected chi connectivity index (χ1v) is 6.44. The molecule has 4 unspecified atom stereocenters. The van der Waals surface area contributed by atoms with Crippen LogP contribution in [0.3, 0.4) is 0 Å². The van der Waals surface area contributed by atoms with E-state index >= 15 is 0 Å². The van der Waals surface area contributed by atoms with E-state index < -0.39 is 0 Å². The van der Waals surface area contributed by atoms with Gasteiger partial charge in [0.1, 0.15) is 0 Å². The summed E-state index contributed by atoms with van der Waals surface area (Å²) in [6.07, 6.45) is 2.63. The van der Waals surface area contributed by atoms with E-state index in [0.29, 0.717) is 0 Å². The maximum absolute atomic E-state index is 5.67. The van der Waals surface area contributed by atoms with Crippen molar-refractivity contribution < 1.29 is 4.74 Å². The lowest BCUT2D eigenvalue weighted by Crippen LogP contribution is -2.45. The van der Waals surface area contributed by atoms with Crippen molar-refractivity contribution in [2.75, 3.05) is 33.4 Å². The van der Waals surface area contributed by atoms with E-state index in [-0.39, 0.29) is 0 Å². The Balaban J connectivity index is 1.99. The fourth-order valence-electron chi connectivity index (χ4n) is 3.24. The Morgan fingerprint density at radius 2 is 1.80 bits per heavy atom. The number of hydrogen-bond acceptors (Lipinski definition) is 2. The lowest BCUT2D eigenvalue weighted by atomic mass is 9.72. The molecule has 4 atom stereocenters. The zero-order valence-electron chi connectivity index (χ0n) is 10.4. The van der Waals surface area contributed by atoms with E-state index in [1.54, 1.807) is 0 Å². The molecular weight excluding hydrogens is 186 g/mol. The summed E-state index contributed by atoms with van der Waals surface area (Å²) in [5.74, 6) is 3.41. The monoisotopic (exact) mass is 211 g/mol. The van der Waals surface area contributed by atoms with Crippen LogP contribution >= 0.6 is 0 Å². The van der Waals surface area contributed by atoms with Crippen LogP contribution in [0.5, 0.6) is 0 Å². The number of hydrogen-bond donors (Lipinski definition) is 0. The van der Waals surface area contributed by atoms with Crippen molar-refractivity contribution in [2.45, 2.75) is 26.7 Å². The van der Waals surface area contributed by atoms with Gasteiger partial charge in [0.15, 0.2) is 0 Å². The van der Waals surface area contributed by atoms with E-state index in [9.17, 15) is 0 Å². The van der Waals surface area contributed by atoms with Crippen LogP contribution < -0.4 is 0 Å². The van der Waals surface area contributed by atoms with Gasteiger partial charge in [0.2, 0.25) is 0 Å². The van der Waals surface area contributed by atoms with Gasteiger partial charge in [-0.05, 0) is 50.1 Å². The fourth-order valence-corrected chi connectivity index (χ4v) is 3.24. The van der Waals surface area contributed by atoms with Crippen molar-refractivity contribution in [2.24, 2.45) is 23.7 Å². The standard InChI is InChI=1S/C13H25NO/c1-10-4-6-14(3)8-12(10)13-9-15-7-5-11(13)2/h10-13H,4-9H2,1-3H3. The molecule has 0 aromatic carbocycles. The fraction of sp³-hybridized carbons (Fsp3) is 1.00. The van der Waals surface area contributed by atoms with Gasteiger partial charge in [0, 0.05) is 19.8 Å². The van der Waals surface area contributed by atoms with Gasteiger partial charge in [-0.25, -0.2) is 0 Å². The van der Waals surface area contributed by atoms with Gasteiger partial charge < -0.3 is 9.64 Å². The molecule has 2 nitrogen and oxygen atoms in total. The molecule has 2 fully saturated rings. The van der Waals surface area contributed by atoms with Crippen molar-refractivity contribution in [1.82, 2.24) is 4.90 Å². The topological polar surface area (TPSA) is 12.5 Å². The number of piperidine rings is 1. The minimum absolute atomic E-state index is 0.802. The number of nitrogens with zero attached hydrogens (tertiary/aromatic N) is 1. The maximum Gasteiger partial charge on any atom is 0.0500 e. The molecule has 0 N–H and O–H groups in total. The summed E-state index contributed by atoms with van der Waals surface area (Å²) in [7, 11) is 2.26. The van der Waals surface area contributed by atoms with Crippen molar-refractivity contribution in [3.05, 3.63) is 0 Å². The van der Waals surface area contributed by atoms with Gasteiger partial charge in [-0.15, -0.1) is 0 Å². The van der Waals surface area contributed by atoms with E-state index in [4.69, 9.17) is 4.74 Å². The van der Waals surface area contributed by atoms with E-state index in [1.165, 1.54) is 25.9 Å². The van der Waals surface area contributed by atoms with Gasteiger partial charge in [-0.2, -0.15) is 0 Å². The van der Waals surface area contributed by atoms with Crippen LogP contribution in [0.2, 0.25) is 0 Å². The molecule has 2 rings (SSSR count). The molecule has 2 heterocycles. The zero-order valence-corrected chi connectivity index (χ0v) is 10.4. The van der Waals surface area contributed by atoms with Crippen molar-refractivity contribution in [3.8, 4) is 0 Å². The van der Waals surface area contributed by atoms with Crippen molar-refractivity contribution in [1.29, 1.82) is 0 Å². The highest BCUT2D eigenvalue weighted by atomic mass is 16.5. The van der Waals surface area contributed by atoms with Crippen LogP contribution in [0.15, 0.2) is 0 Å². The van der Waals surface area contributed by atoms with Crippen molar-refractivity contribution >= 4 is 0 Å². The summed E-state index contributed by atoms with van der Waals surface area (Å²) in [6, 6.07) is 0. The normalized spacial score (nSPS) is 44.2. The molecule has 0 spiro atoms. The smallest absolute Gasteiger partial charge is 0.0500 e. The average molecular weight is 211 g/mol. The number of rotatable bonds is 1. The maximum atomic E-state index is 5.67. The first-order chi connectivity index (χ1) is 7.18. The predicted octanol–water partition coefficient (Wildman–Crippen LogP) is 2.25. The summed E-state index contributed by atoms with van der Waals surface area (Å²) in [4.78, 5) is 2.49. The Bertz CT molecular complexity index is 207. The van der Waals surface area contributed by atoms with Gasteiger partial charge >= 0.3 is 0 Å². The third kappa shape index (κ3) is 2.54. The molecule has 0 aliphatic carbocycles. The SMILES string of the molecule is CC1CCOCC1C1CN(C)CCC1C. The van der Waals surface area contributed by atoms with E-state index in [2.05, 4.69) is 25.8 Å². The molecule has 15 heavy (non-hydrogen) atoms. The predicted molar refractivity (Wildman–Crippen MR) is 62.9 cm³/mol. The zero-order chi connectivity index (χ0) is 10.8. The second-order valence-corrected chi connectivity index (χ2v) is 5.70. The molecular formula is C13H25NO. The summed E-state index contributed by atoms with van der Waals surface area (Å²) in [5, 5.41) is 0. The molecule has 0 aromatic heterocycles. The minimum atomic E-state index is 0.802. The molecule has 0 aromatic rings. The molecule has 2 aliphatic rings. The van der Waals surface area contributed by atoms with Gasteiger partial charge in [0.25, 0.3) is 0 Å². The highest BCUT2D eigenvalue weighted by Crippen LogP contribution is 2.36. The third-order valence-corrected chi connectivity index (χ3v) is 4.53.